The van der Waals surface area contributed by atoms with Gasteiger partial charge in [0.2, 0.25) is 0 Å². The number of nitrogens with zero attached hydrogens (tertiary/aromatic N) is 1. The molecule has 4 rings (SSSR count). The van der Waals surface area contributed by atoms with Crippen molar-refractivity contribution in [3.8, 4) is 22.4 Å². The van der Waals surface area contributed by atoms with Crippen LogP contribution >= 0.6 is 0 Å². The van der Waals surface area contributed by atoms with E-state index in [-0.39, 0.29) is 5.56 Å². The second-order valence-corrected chi connectivity index (χ2v) is 6.57. The Bertz CT molecular complexity index is 1230. The molecule has 4 nitrogen and oxygen atoms in total. The fraction of sp³-hybridized carbons (Fsp3) is 0.0833. The number of carbonyl (C=O) groups is 1. The van der Waals surface area contributed by atoms with E-state index in [9.17, 15) is 9.59 Å². The molecule has 0 radical (unpaired) electrons. The Morgan fingerprint density at radius 1 is 0.821 bits per heavy atom. The Morgan fingerprint density at radius 3 is 2.04 bits per heavy atom. The number of methoxy groups -OCH3 is 1. The highest BCUT2D eigenvalue weighted by atomic mass is 16.5. The van der Waals surface area contributed by atoms with Crippen molar-refractivity contribution in [2.75, 3.05) is 7.11 Å². The van der Waals surface area contributed by atoms with Crippen LogP contribution in [0.3, 0.4) is 0 Å². The summed E-state index contributed by atoms with van der Waals surface area (Å²) in [5.41, 5.74) is 3.95. The molecular weight excluding hydrogens is 350 g/mol. The summed E-state index contributed by atoms with van der Waals surface area (Å²) in [7, 11) is 3.13. The maximum absolute atomic E-state index is 13.1. The van der Waals surface area contributed by atoms with Crippen molar-refractivity contribution < 1.29 is 9.53 Å². The van der Waals surface area contributed by atoms with E-state index < -0.39 is 5.97 Å². The number of esters is 1. The van der Waals surface area contributed by atoms with Crippen molar-refractivity contribution in [2.45, 2.75) is 0 Å². The van der Waals surface area contributed by atoms with Crippen molar-refractivity contribution in [1.82, 2.24) is 4.57 Å². The molecule has 3 aromatic carbocycles. The lowest BCUT2D eigenvalue weighted by Gasteiger charge is -2.18. The first kappa shape index (κ1) is 17.7. The molecule has 0 aliphatic carbocycles. The van der Waals surface area contributed by atoms with Gasteiger partial charge in [-0.3, -0.25) is 4.79 Å². The molecule has 0 spiro atoms. The van der Waals surface area contributed by atoms with Crippen LogP contribution in [-0.2, 0) is 11.8 Å². The summed E-state index contributed by atoms with van der Waals surface area (Å²) in [6, 6.07) is 24.8. The third kappa shape index (κ3) is 2.89. The minimum Gasteiger partial charge on any atom is -0.465 e. The van der Waals surface area contributed by atoms with Crippen molar-refractivity contribution in [2.24, 2.45) is 7.05 Å². The maximum Gasteiger partial charge on any atom is 0.337 e. The number of carbonyl (C=O) groups excluding carboxylic acids is 1. The van der Waals surface area contributed by atoms with Crippen LogP contribution in [-0.4, -0.2) is 17.6 Å². The van der Waals surface area contributed by atoms with Crippen LogP contribution in [0.5, 0.6) is 0 Å². The monoisotopic (exact) mass is 369 g/mol. The van der Waals surface area contributed by atoms with Crippen LogP contribution in [0.1, 0.15) is 10.4 Å². The third-order valence-electron chi connectivity index (χ3n) is 4.93. The average Bonchev–Trinajstić information content (AvgIpc) is 2.76. The molecule has 0 bridgehead atoms. The lowest BCUT2D eigenvalue weighted by Crippen LogP contribution is -2.20. The number of benzene rings is 3. The van der Waals surface area contributed by atoms with Gasteiger partial charge in [0.05, 0.1) is 18.4 Å². The predicted molar refractivity (Wildman–Crippen MR) is 111 cm³/mol. The van der Waals surface area contributed by atoms with Crippen LogP contribution in [0.4, 0.5) is 0 Å². The Kier molecular flexibility index (Phi) is 4.53. The highest BCUT2D eigenvalue weighted by Gasteiger charge is 2.19. The molecule has 0 saturated carbocycles. The topological polar surface area (TPSA) is 48.3 Å². The molecule has 0 atom stereocenters. The number of fused-ring (bicyclic) bond motifs is 1. The Labute approximate surface area is 162 Å². The van der Waals surface area contributed by atoms with Gasteiger partial charge in [-0.05, 0) is 34.7 Å². The number of aromatic nitrogens is 1. The fourth-order valence-corrected chi connectivity index (χ4v) is 3.59. The number of ether oxygens (including phenoxy) is 1. The highest BCUT2D eigenvalue weighted by Crippen LogP contribution is 2.36. The van der Waals surface area contributed by atoms with E-state index in [0.29, 0.717) is 10.9 Å². The van der Waals surface area contributed by atoms with Gasteiger partial charge in [-0.15, -0.1) is 0 Å². The SMILES string of the molecule is COC(=O)c1ccc2c(=O)n(C)c(-c3ccccc3)c(-c3ccccc3)c2c1. The largest absolute Gasteiger partial charge is 0.465 e. The highest BCUT2D eigenvalue weighted by molar-refractivity contribution is 6.05. The van der Waals surface area contributed by atoms with Gasteiger partial charge in [-0.2, -0.15) is 0 Å². The first-order chi connectivity index (χ1) is 13.6. The van der Waals surface area contributed by atoms with Crippen LogP contribution < -0.4 is 5.56 Å². The molecule has 0 aliphatic rings. The summed E-state index contributed by atoms with van der Waals surface area (Å²) in [5.74, 6) is -0.428. The number of pyridine rings is 1. The van der Waals surface area contributed by atoms with E-state index >= 15 is 0 Å². The lowest BCUT2D eigenvalue weighted by molar-refractivity contribution is 0.0601. The number of rotatable bonds is 3. The molecule has 0 saturated heterocycles. The van der Waals surface area contributed by atoms with E-state index in [1.165, 1.54) is 7.11 Å². The summed E-state index contributed by atoms with van der Waals surface area (Å²) in [5, 5.41) is 1.30. The zero-order valence-corrected chi connectivity index (χ0v) is 15.7. The molecule has 4 heteroatoms. The van der Waals surface area contributed by atoms with Gasteiger partial charge >= 0.3 is 5.97 Å². The summed E-state index contributed by atoms with van der Waals surface area (Å²) in [6.07, 6.45) is 0. The summed E-state index contributed by atoms with van der Waals surface area (Å²) in [6.45, 7) is 0. The lowest BCUT2D eigenvalue weighted by atomic mass is 9.92. The van der Waals surface area contributed by atoms with Gasteiger partial charge in [0.15, 0.2) is 0 Å². The second-order valence-electron chi connectivity index (χ2n) is 6.57. The molecule has 0 N–H and O–H groups in total. The Morgan fingerprint density at radius 2 is 1.43 bits per heavy atom. The maximum atomic E-state index is 13.1. The number of hydrogen-bond donors (Lipinski definition) is 0. The van der Waals surface area contributed by atoms with E-state index in [4.69, 9.17) is 4.74 Å². The van der Waals surface area contributed by atoms with E-state index in [2.05, 4.69) is 0 Å². The zero-order chi connectivity index (χ0) is 19.7. The smallest absolute Gasteiger partial charge is 0.337 e. The van der Waals surface area contributed by atoms with Crippen molar-refractivity contribution in [1.29, 1.82) is 0 Å². The third-order valence-corrected chi connectivity index (χ3v) is 4.93. The molecule has 0 amide bonds. The van der Waals surface area contributed by atoms with E-state index in [0.717, 1.165) is 27.8 Å². The number of hydrogen-bond acceptors (Lipinski definition) is 3. The summed E-state index contributed by atoms with van der Waals surface area (Å²) < 4.78 is 6.56. The van der Waals surface area contributed by atoms with Gasteiger partial charge in [0.25, 0.3) is 5.56 Å². The fourth-order valence-electron chi connectivity index (χ4n) is 3.59. The molecule has 4 aromatic rings. The minimum absolute atomic E-state index is 0.107. The Balaban J connectivity index is 2.20. The average molecular weight is 369 g/mol. The first-order valence-corrected chi connectivity index (χ1v) is 8.97. The molecule has 28 heavy (non-hydrogen) atoms. The van der Waals surface area contributed by atoms with Gasteiger partial charge < -0.3 is 9.30 Å². The molecule has 138 valence electrons. The van der Waals surface area contributed by atoms with Gasteiger partial charge in [-0.25, -0.2) is 4.79 Å². The molecule has 0 fully saturated rings. The molecule has 0 aliphatic heterocycles. The van der Waals surface area contributed by atoms with Gasteiger partial charge in [0, 0.05) is 18.0 Å². The molecule has 0 unspecified atom stereocenters. The Hall–Kier alpha value is -3.66. The quantitative estimate of drug-likeness (QED) is 0.494. The van der Waals surface area contributed by atoms with Gasteiger partial charge in [-0.1, -0.05) is 60.7 Å². The minimum atomic E-state index is -0.428. The normalized spacial score (nSPS) is 10.8. The summed E-state index contributed by atoms with van der Waals surface area (Å²) >= 11 is 0. The van der Waals surface area contributed by atoms with Crippen molar-refractivity contribution in [3.63, 3.8) is 0 Å². The second kappa shape index (κ2) is 7.16. The van der Waals surface area contributed by atoms with E-state index in [1.54, 1.807) is 29.8 Å². The van der Waals surface area contributed by atoms with Crippen LogP contribution in [0, 0.1) is 0 Å². The standard InChI is InChI=1S/C24H19NO3/c1-25-22(17-11-7-4-8-12-17)21(16-9-5-3-6-10-16)20-15-18(24(27)28-2)13-14-19(20)23(25)26/h3-15H,1-2H3. The van der Waals surface area contributed by atoms with Crippen molar-refractivity contribution >= 4 is 16.7 Å². The molecule has 1 aromatic heterocycles. The van der Waals surface area contributed by atoms with Crippen LogP contribution in [0.15, 0.2) is 83.7 Å². The van der Waals surface area contributed by atoms with E-state index in [1.807, 2.05) is 60.7 Å². The zero-order valence-electron chi connectivity index (χ0n) is 15.7. The predicted octanol–water partition coefficient (Wildman–Crippen LogP) is 4.66. The van der Waals surface area contributed by atoms with Crippen LogP contribution in [0.25, 0.3) is 33.2 Å². The first-order valence-electron chi connectivity index (χ1n) is 8.97. The molecule has 1 heterocycles. The van der Waals surface area contributed by atoms with Crippen LogP contribution in [0.2, 0.25) is 0 Å². The van der Waals surface area contributed by atoms with Crippen molar-refractivity contribution in [3.05, 3.63) is 94.8 Å². The summed E-state index contributed by atoms with van der Waals surface area (Å²) in [4.78, 5) is 25.2. The van der Waals surface area contributed by atoms with Gasteiger partial charge in [0.1, 0.15) is 0 Å². The molecular formula is C24H19NO3.